The molecule has 0 aliphatic rings. The van der Waals surface area contributed by atoms with Crippen molar-refractivity contribution in [2.75, 3.05) is 40.4 Å². The van der Waals surface area contributed by atoms with Gasteiger partial charge < -0.3 is 19.4 Å². The second-order valence-electron chi connectivity index (χ2n) is 4.77. The molecule has 120 valence electrons. The van der Waals surface area contributed by atoms with Crippen LogP contribution >= 0.6 is 24.0 Å². The summed E-state index contributed by atoms with van der Waals surface area (Å²) in [4.78, 5) is 6.58. The van der Waals surface area contributed by atoms with Gasteiger partial charge in [0.05, 0.1) is 19.4 Å². The van der Waals surface area contributed by atoms with Gasteiger partial charge in [-0.05, 0) is 19.1 Å². The number of nitrogens with zero attached hydrogens (tertiary/aromatic N) is 2. The number of halogens is 1. The molecule has 0 saturated carbocycles. The fraction of sp³-hybridized carbons (Fsp3) is 0.533. The Morgan fingerprint density at radius 1 is 1.52 bits per heavy atom. The van der Waals surface area contributed by atoms with Gasteiger partial charge in [0.15, 0.2) is 5.96 Å². The number of ether oxygens (including phenoxy) is 1. The lowest BCUT2D eigenvalue weighted by atomic mass is 10.3. The van der Waals surface area contributed by atoms with Crippen LogP contribution in [0.4, 0.5) is 0 Å². The Bertz CT molecular complexity index is 419. The van der Waals surface area contributed by atoms with E-state index in [1.165, 1.54) is 0 Å². The largest absolute Gasteiger partial charge is 0.469 e. The molecule has 0 aliphatic heterocycles. The van der Waals surface area contributed by atoms with Crippen molar-refractivity contribution in [3.63, 3.8) is 0 Å². The van der Waals surface area contributed by atoms with E-state index in [4.69, 9.17) is 9.15 Å². The maximum atomic E-state index is 5.31. The minimum Gasteiger partial charge on any atom is -0.469 e. The Balaban J connectivity index is 0.00000400. The van der Waals surface area contributed by atoms with E-state index in [1.54, 1.807) is 13.4 Å². The minimum absolute atomic E-state index is 0. The highest BCUT2D eigenvalue weighted by atomic mass is 127. The summed E-state index contributed by atoms with van der Waals surface area (Å²) in [5.74, 6) is 1.83. The standard InChI is InChI=1S/C15H25N3O2.HI/c1-13(2)12-18(3)15(17-9-11-19-4)16-8-7-14-6-5-10-20-14;/h5-6,10H,1,7-9,11-12H2,2-4H3,(H,16,17);1H. The van der Waals surface area contributed by atoms with Gasteiger partial charge in [-0.25, -0.2) is 0 Å². The molecule has 1 heterocycles. The number of hydrogen-bond acceptors (Lipinski definition) is 3. The van der Waals surface area contributed by atoms with Crippen LogP contribution in [-0.2, 0) is 11.2 Å². The Labute approximate surface area is 144 Å². The molecule has 1 rings (SSSR count). The SMILES string of the molecule is C=C(C)CN(C)C(=NCCOC)NCCc1ccco1.I. The zero-order valence-corrected chi connectivity index (χ0v) is 15.4. The molecule has 1 aromatic heterocycles. The fourth-order valence-corrected chi connectivity index (χ4v) is 1.79. The van der Waals surface area contributed by atoms with E-state index in [-0.39, 0.29) is 24.0 Å². The van der Waals surface area contributed by atoms with Crippen molar-refractivity contribution in [3.8, 4) is 0 Å². The third-order valence-electron chi connectivity index (χ3n) is 2.66. The number of methoxy groups -OCH3 is 1. The van der Waals surface area contributed by atoms with E-state index in [2.05, 4.69) is 21.8 Å². The molecular formula is C15H26IN3O2. The Morgan fingerprint density at radius 2 is 2.29 bits per heavy atom. The number of guanidine groups is 1. The number of furan rings is 1. The van der Waals surface area contributed by atoms with Crippen molar-refractivity contribution in [1.82, 2.24) is 10.2 Å². The maximum Gasteiger partial charge on any atom is 0.194 e. The van der Waals surface area contributed by atoms with Crippen molar-refractivity contribution in [2.24, 2.45) is 4.99 Å². The third kappa shape index (κ3) is 8.77. The number of hydrogen-bond donors (Lipinski definition) is 1. The summed E-state index contributed by atoms with van der Waals surface area (Å²) in [6.07, 6.45) is 2.52. The Kier molecular flexibility index (Phi) is 11.1. The summed E-state index contributed by atoms with van der Waals surface area (Å²) < 4.78 is 10.3. The number of likely N-dealkylation sites (N-methyl/N-ethyl adjacent to an activating group) is 1. The van der Waals surface area contributed by atoms with Crippen LogP contribution in [0, 0.1) is 0 Å². The lowest BCUT2D eigenvalue weighted by molar-refractivity contribution is 0.207. The number of rotatable bonds is 8. The van der Waals surface area contributed by atoms with Crippen molar-refractivity contribution in [3.05, 3.63) is 36.3 Å². The molecule has 1 N–H and O–H groups in total. The average Bonchev–Trinajstić information content (AvgIpc) is 2.89. The predicted molar refractivity (Wildman–Crippen MR) is 97.5 cm³/mol. The van der Waals surface area contributed by atoms with Crippen LogP contribution in [-0.4, -0.2) is 51.3 Å². The third-order valence-corrected chi connectivity index (χ3v) is 2.66. The molecule has 0 aromatic carbocycles. The van der Waals surface area contributed by atoms with Crippen LogP contribution in [0.1, 0.15) is 12.7 Å². The fourth-order valence-electron chi connectivity index (χ4n) is 1.79. The van der Waals surface area contributed by atoms with E-state index in [1.807, 2.05) is 26.1 Å². The molecule has 0 aliphatic carbocycles. The molecule has 0 spiro atoms. The number of aliphatic imine (C=N–C) groups is 1. The molecule has 0 amide bonds. The summed E-state index contributed by atoms with van der Waals surface area (Å²) in [5, 5.41) is 3.34. The van der Waals surface area contributed by atoms with Crippen LogP contribution in [0.2, 0.25) is 0 Å². The molecule has 0 radical (unpaired) electrons. The van der Waals surface area contributed by atoms with E-state index < -0.39 is 0 Å². The van der Waals surface area contributed by atoms with Gasteiger partial charge in [-0.3, -0.25) is 4.99 Å². The predicted octanol–water partition coefficient (Wildman–Crippen LogP) is 2.54. The van der Waals surface area contributed by atoms with E-state index in [0.717, 1.165) is 36.8 Å². The van der Waals surface area contributed by atoms with Gasteiger partial charge in [0.1, 0.15) is 5.76 Å². The summed E-state index contributed by atoms with van der Waals surface area (Å²) in [7, 11) is 3.68. The smallest absolute Gasteiger partial charge is 0.194 e. The summed E-state index contributed by atoms with van der Waals surface area (Å²) in [6, 6.07) is 3.87. The van der Waals surface area contributed by atoms with Crippen molar-refractivity contribution in [2.45, 2.75) is 13.3 Å². The van der Waals surface area contributed by atoms with Gasteiger partial charge in [0, 0.05) is 33.7 Å². The summed E-state index contributed by atoms with van der Waals surface area (Å²) >= 11 is 0. The molecule has 5 nitrogen and oxygen atoms in total. The van der Waals surface area contributed by atoms with E-state index in [9.17, 15) is 0 Å². The average molecular weight is 407 g/mol. The second-order valence-corrected chi connectivity index (χ2v) is 4.77. The van der Waals surface area contributed by atoms with Gasteiger partial charge in [-0.2, -0.15) is 0 Å². The van der Waals surface area contributed by atoms with Crippen LogP contribution in [0.15, 0.2) is 40.0 Å². The molecule has 0 saturated heterocycles. The monoisotopic (exact) mass is 407 g/mol. The topological polar surface area (TPSA) is 50.0 Å². The van der Waals surface area contributed by atoms with Crippen molar-refractivity contribution >= 4 is 29.9 Å². The Hall–Kier alpha value is -1.02. The van der Waals surface area contributed by atoms with Crippen LogP contribution in [0.5, 0.6) is 0 Å². The highest BCUT2D eigenvalue weighted by Crippen LogP contribution is 2.00. The van der Waals surface area contributed by atoms with E-state index >= 15 is 0 Å². The quantitative estimate of drug-likeness (QED) is 0.237. The zero-order chi connectivity index (χ0) is 14.8. The molecule has 0 bridgehead atoms. The lowest BCUT2D eigenvalue weighted by Gasteiger charge is -2.22. The molecule has 0 unspecified atom stereocenters. The van der Waals surface area contributed by atoms with Gasteiger partial charge in [-0.1, -0.05) is 12.2 Å². The van der Waals surface area contributed by atoms with Gasteiger partial charge in [0.25, 0.3) is 0 Å². The molecule has 1 aromatic rings. The summed E-state index contributed by atoms with van der Waals surface area (Å²) in [5.41, 5.74) is 1.10. The molecular weight excluding hydrogens is 381 g/mol. The molecule has 0 atom stereocenters. The molecule has 0 fully saturated rings. The maximum absolute atomic E-state index is 5.31. The highest BCUT2D eigenvalue weighted by Gasteiger charge is 2.06. The lowest BCUT2D eigenvalue weighted by Crippen LogP contribution is -2.40. The van der Waals surface area contributed by atoms with E-state index in [0.29, 0.717) is 13.2 Å². The first-order chi connectivity index (χ1) is 9.63. The normalized spacial score (nSPS) is 10.9. The van der Waals surface area contributed by atoms with Crippen LogP contribution in [0.3, 0.4) is 0 Å². The zero-order valence-electron chi connectivity index (χ0n) is 13.1. The minimum atomic E-state index is 0. The Morgan fingerprint density at radius 3 is 2.86 bits per heavy atom. The number of nitrogens with one attached hydrogen (secondary N) is 1. The van der Waals surface area contributed by atoms with Gasteiger partial charge in [-0.15, -0.1) is 24.0 Å². The first kappa shape index (κ1) is 20.0. The molecule has 21 heavy (non-hydrogen) atoms. The van der Waals surface area contributed by atoms with Crippen LogP contribution in [0.25, 0.3) is 0 Å². The van der Waals surface area contributed by atoms with Gasteiger partial charge in [0.2, 0.25) is 0 Å². The second kappa shape index (κ2) is 11.6. The molecule has 6 heteroatoms. The first-order valence-corrected chi connectivity index (χ1v) is 6.78. The summed E-state index contributed by atoms with van der Waals surface area (Å²) in [6.45, 7) is 8.75. The van der Waals surface area contributed by atoms with Crippen LogP contribution < -0.4 is 5.32 Å². The first-order valence-electron chi connectivity index (χ1n) is 6.78. The highest BCUT2D eigenvalue weighted by molar-refractivity contribution is 14.0. The van der Waals surface area contributed by atoms with Crippen molar-refractivity contribution in [1.29, 1.82) is 0 Å². The van der Waals surface area contributed by atoms with Gasteiger partial charge >= 0.3 is 0 Å². The van der Waals surface area contributed by atoms with Crippen molar-refractivity contribution < 1.29 is 9.15 Å².